The van der Waals surface area contributed by atoms with Crippen molar-refractivity contribution in [2.24, 2.45) is 5.41 Å². The van der Waals surface area contributed by atoms with Crippen LogP contribution in [0, 0.1) is 17.0 Å². The van der Waals surface area contributed by atoms with Crippen LogP contribution >= 0.6 is 15.9 Å². The normalized spacial score (nSPS) is 22.6. The molecule has 1 nitrogen and oxygen atoms in total. The molecule has 0 amide bonds. The van der Waals surface area contributed by atoms with Crippen LogP contribution in [0.15, 0.2) is 16.6 Å². The number of halogens is 3. The SMILES string of the molecule is Fc1ccc(Br)c(F)c1CN1CCC2(CCCC2)CC1. The first kappa shape index (κ1) is 14.5. The summed E-state index contributed by atoms with van der Waals surface area (Å²) in [6, 6.07) is 2.77. The van der Waals surface area contributed by atoms with Gasteiger partial charge in [-0.2, -0.15) is 0 Å². The van der Waals surface area contributed by atoms with Gasteiger partial charge in [-0.1, -0.05) is 12.8 Å². The lowest BCUT2D eigenvalue weighted by molar-refractivity contribution is 0.102. The van der Waals surface area contributed by atoms with Crippen molar-refractivity contribution >= 4 is 15.9 Å². The molecule has 20 heavy (non-hydrogen) atoms. The number of rotatable bonds is 2. The van der Waals surface area contributed by atoms with E-state index in [9.17, 15) is 8.78 Å². The highest BCUT2D eigenvalue weighted by Gasteiger charge is 2.37. The summed E-state index contributed by atoms with van der Waals surface area (Å²) in [7, 11) is 0. The predicted molar refractivity (Wildman–Crippen MR) is 79.5 cm³/mol. The van der Waals surface area contributed by atoms with Gasteiger partial charge in [0.25, 0.3) is 0 Å². The molecule has 0 atom stereocenters. The molecule has 1 saturated carbocycles. The summed E-state index contributed by atoms with van der Waals surface area (Å²) >= 11 is 3.13. The van der Waals surface area contributed by atoms with Crippen LogP contribution in [0.25, 0.3) is 0 Å². The fraction of sp³-hybridized carbons (Fsp3) is 0.625. The van der Waals surface area contributed by atoms with Crippen molar-refractivity contribution in [1.82, 2.24) is 4.90 Å². The molecule has 1 aliphatic heterocycles. The quantitative estimate of drug-likeness (QED) is 0.691. The maximum absolute atomic E-state index is 14.0. The Balaban J connectivity index is 1.67. The van der Waals surface area contributed by atoms with Crippen molar-refractivity contribution in [3.05, 3.63) is 33.8 Å². The molecule has 1 saturated heterocycles. The second-order valence-electron chi connectivity index (χ2n) is 6.30. The molecule has 1 spiro atoms. The molecule has 0 N–H and O–H groups in total. The lowest BCUT2D eigenvalue weighted by Gasteiger charge is -2.39. The van der Waals surface area contributed by atoms with Crippen LogP contribution in [0.3, 0.4) is 0 Å². The molecule has 2 fully saturated rings. The van der Waals surface area contributed by atoms with Crippen molar-refractivity contribution in [3.8, 4) is 0 Å². The predicted octanol–water partition coefficient (Wildman–Crippen LogP) is 4.88. The van der Waals surface area contributed by atoms with Gasteiger partial charge in [0.15, 0.2) is 0 Å². The highest BCUT2D eigenvalue weighted by molar-refractivity contribution is 9.10. The summed E-state index contributed by atoms with van der Waals surface area (Å²) in [5.74, 6) is -0.891. The van der Waals surface area contributed by atoms with Gasteiger partial charge in [-0.25, -0.2) is 8.78 Å². The van der Waals surface area contributed by atoms with Gasteiger partial charge in [0.1, 0.15) is 11.6 Å². The van der Waals surface area contributed by atoms with Crippen molar-refractivity contribution < 1.29 is 8.78 Å². The molecule has 0 bridgehead atoms. The molecule has 0 aromatic heterocycles. The van der Waals surface area contributed by atoms with E-state index in [1.807, 2.05) is 0 Å². The molecular weight excluding hydrogens is 324 g/mol. The zero-order valence-electron chi connectivity index (χ0n) is 11.6. The van der Waals surface area contributed by atoms with Crippen molar-refractivity contribution in [1.29, 1.82) is 0 Å². The van der Waals surface area contributed by atoms with Crippen LogP contribution in [-0.4, -0.2) is 18.0 Å². The average Bonchev–Trinajstić information content (AvgIpc) is 2.90. The van der Waals surface area contributed by atoms with Gasteiger partial charge >= 0.3 is 0 Å². The molecule has 0 unspecified atom stereocenters. The Morgan fingerprint density at radius 2 is 1.70 bits per heavy atom. The van der Waals surface area contributed by atoms with Crippen molar-refractivity contribution in [2.45, 2.75) is 45.1 Å². The molecule has 1 aromatic rings. The van der Waals surface area contributed by atoms with E-state index >= 15 is 0 Å². The molecule has 0 radical (unpaired) electrons. The number of likely N-dealkylation sites (tertiary alicyclic amines) is 1. The fourth-order valence-electron chi connectivity index (χ4n) is 3.75. The summed E-state index contributed by atoms with van der Waals surface area (Å²) in [4.78, 5) is 2.19. The molecule has 1 aliphatic carbocycles. The first-order valence-corrected chi connectivity index (χ1v) is 8.24. The number of hydrogen-bond donors (Lipinski definition) is 0. The maximum atomic E-state index is 14.0. The minimum Gasteiger partial charge on any atom is -0.299 e. The number of hydrogen-bond acceptors (Lipinski definition) is 1. The molecule has 1 aromatic carbocycles. The summed E-state index contributed by atoms with van der Waals surface area (Å²) in [5.41, 5.74) is 0.743. The van der Waals surface area contributed by atoms with Crippen LogP contribution in [0.4, 0.5) is 8.78 Å². The Morgan fingerprint density at radius 1 is 1.05 bits per heavy atom. The van der Waals surface area contributed by atoms with Gasteiger partial charge in [-0.05, 0) is 72.3 Å². The standard InChI is InChI=1S/C16H20BrF2N/c17-13-3-4-14(18)12(15(13)19)11-20-9-7-16(8-10-20)5-1-2-6-16/h3-4H,1-2,5-11H2. The summed E-state index contributed by atoms with van der Waals surface area (Å²) in [6.07, 6.45) is 7.78. The Hall–Kier alpha value is -0.480. The third-order valence-electron chi connectivity index (χ3n) is 5.10. The second kappa shape index (κ2) is 5.72. The second-order valence-corrected chi connectivity index (χ2v) is 7.16. The Labute approximate surface area is 127 Å². The first-order chi connectivity index (χ1) is 9.60. The average molecular weight is 344 g/mol. The lowest BCUT2D eigenvalue weighted by Crippen LogP contribution is -2.38. The minimum atomic E-state index is -0.453. The zero-order chi connectivity index (χ0) is 14.2. The Kier molecular flexibility index (Phi) is 4.14. The van der Waals surface area contributed by atoms with Crippen molar-refractivity contribution in [3.63, 3.8) is 0 Å². The van der Waals surface area contributed by atoms with Crippen LogP contribution in [0.2, 0.25) is 0 Å². The van der Waals surface area contributed by atoms with E-state index < -0.39 is 11.6 Å². The fourth-order valence-corrected chi connectivity index (χ4v) is 4.12. The minimum absolute atomic E-state index is 0.196. The topological polar surface area (TPSA) is 3.24 Å². The number of piperidine rings is 1. The van der Waals surface area contributed by atoms with Crippen LogP contribution < -0.4 is 0 Å². The van der Waals surface area contributed by atoms with E-state index in [-0.39, 0.29) is 5.56 Å². The van der Waals surface area contributed by atoms with Crippen LogP contribution in [0.1, 0.15) is 44.1 Å². The smallest absolute Gasteiger partial charge is 0.144 e. The third-order valence-corrected chi connectivity index (χ3v) is 5.71. The van der Waals surface area contributed by atoms with E-state index in [0.717, 1.165) is 13.1 Å². The largest absolute Gasteiger partial charge is 0.299 e. The van der Waals surface area contributed by atoms with Gasteiger partial charge in [-0.3, -0.25) is 4.90 Å². The van der Waals surface area contributed by atoms with Crippen LogP contribution in [-0.2, 0) is 6.54 Å². The van der Waals surface area contributed by atoms with E-state index in [2.05, 4.69) is 20.8 Å². The monoisotopic (exact) mass is 343 g/mol. The van der Waals surface area contributed by atoms with Gasteiger partial charge in [0.2, 0.25) is 0 Å². The Bertz CT molecular complexity index is 487. The molecule has 4 heteroatoms. The first-order valence-electron chi connectivity index (χ1n) is 7.44. The van der Waals surface area contributed by atoms with Gasteiger partial charge in [0, 0.05) is 12.1 Å². The maximum Gasteiger partial charge on any atom is 0.144 e. The molecule has 3 rings (SSSR count). The summed E-state index contributed by atoms with van der Waals surface area (Å²) in [6.45, 7) is 2.31. The molecular formula is C16H20BrF2N. The molecule has 2 aliphatic rings. The van der Waals surface area contributed by atoms with E-state index in [0.29, 0.717) is 16.4 Å². The number of benzene rings is 1. The third kappa shape index (κ3) is 2.77. The Morgan fingerprint density at radius 3 is 2.35 bits per heavy atom. The van der Waals surface area contributed by atoms with Gasteiger partial charge < -0.3 is 0 Å². The van der Waals surface area contributed by atoms with E-state index in [1.165, 1.54) is 50.7 Å². The zero-order valence-corrected chi connectivity index (χ0v) is 13.2. The van der Waals surface area contributed by atoms with Crippen LogP contribution in [0.5, 0.6) is 0 Å². The van der Waals surface area contributed by atoms with Crippen molar-refractivity contribution in [2.75, 3.05) is 13.1 Å². The summed E-state index contributed by atoms with van der Waals surface area (Å²) in [5, 5.41) is 0. The number of nitrogens with zero attached hydrogens (tertiary/aromatic N) is 1. The van der Waals surface area contributed by atoms with Gasteiger partial charge in [-0.15, -0.1) is 0 Å². The highest BCUT2D eigenvalue weighted by Crippen LogP contribution is 2.46. The lowest BCUT2D eigenvalue weighted by atomic mass is 9.77. The van der Waals surface area contributed by atoms with E-state index in [4.69, 9.17) is 0 Å². The molecule has 1 heterocycles. The molecule has 110 valence electrons. The summed E-state index contributed by atoms with van der Waals surface area (Å²) < 4.78 is 28.1. The van der Waals surface area contributed by atoms with Gasteiger partial charge in [0.05, 0.1) is 4.47 Å². The van der Waals surface area contributed by atoms with E-state index in [1.54, 1.807) is 0 Å². The highest BCUT2D eigenvalue weighted by atomic mass is 79.9.